The van der Waals surface area contributed by atoms with Crippen LogP contribution in [0, 0.1) is 0 Å². The van der Waals surface area contributed by atoms with Crippen molar-refractivity contribution in [2.75, 3.05) is 19.7 Å². The predicted octanol–water partition coefficient (Wildman–Crippen LogP) is 5.99. The van der Waals surface area contributed by atoms with E-state index in [1.165, 1.54) is 5.56 Å². The summed E-state index contributed by atoms with van der Waals surface area (Å²) in [6.07, 6.45) is 2.32. The fraction of sp³-hybridized carbons (Fsp3) is 0.429. The molecular formula is C21H28Cl4N2O. The number of ether oxygens (including phenoxy) is 1. The topological polar surface area (TPSA) is 24.5 Å². The predicted molar refractivity (Wildman–Crippen MR) is 124 cm³/mol. The molecule has 2 aromatic carbocycles. The van der Waals surface area contributed by atoms with Gasteiger partial charge in [-0.05, 0) is 56.1 Å². The molecule has 1 N–H and O–H groups in total. The first kappa shape index (κ1) is 25.4. The number of nitrogens with zero attached hydrogens (tertiary/aromatic N) is 1. The first-order valence-corrected chi connectivity index (χ1v) is 10.0. The van der Waals surface area contributed by atoms with E-state index in [2.05, 4.69) is 40.5 Å². The Morgan fingerprint density at radius 3 is 2.18 bits per heavy atom. The monoisotopic (exact) mass is 464 g/mol. The van der Waals surface area contributed by atoms with E-state index >= 15 is 0 Å². The summed E-state index contributed by atoms with van der Waals surface area (Å²) in [6, 6.07) is 15.1. The van der Waals surface area contributed by atoms with Crippen LogP contribution in [0.4, 0.5) is 0 Å². The van der Waals surface area contributed by atoms with Crippen LogP contribution >= 0.6 is 48.0 Å². The third kappa shape index (κ3) is 7.29. The summed E-state index contributed by atoms with van der Waals surface area (Å²) in [7, 11) is 0. The summed E-state index contributed by atoms with van der Waals surface area (Å²) in [4.78, 5) is 2.53. The number of likely N-dealkylation sites (tertiary alicyclic amines) is 1. The van der Waals surface area contributed by atoms with E-state index in [0.717, 1.165) is 44.6 Å². The number of benzene rings is 2. The van der Waals surface area contributed by atoms with Crippen LogP contribution in [-0.4, -0.2) is 30.6 Å². The summed E-state index contributed by atoms with van der Waals surface area (Å²) >= 11 is 12.6. The van der Waals surface area contributed by atoms with Gasteiger partial charge in [-0.1, -0.05) is 53.5 Å². The Labute approximate surface area is 190 Å². The summed E-state index contributed by atoms with van der Waals surface area (Å²) in [6.45, 7) is 6.53. The molecule has 156 valence electrons. The zero-order valence-corrected chi connectivity index (χ0v) is 19.1. The van der Waals surface area contributed by atoms with Crippen molar-refractivity contribution in [1.82, 2.24) is 10.2 Å². The number of rotatable bonds is 7. The smallest absolute Gasteiger partial charge is 0.156 e. The fourth-order valence-corrected chi connectivity index (χ4v) is 4.04. The van der Waals surface area contributed by atoms with E-state index in [0.29, 0.717) is 28.4 Å². The van der Waals surface area contributed by atoms with Crippen molar-refractivity contribution in [3.63, 3.8) is 0 Å². The first-order chi connectivity index (χ1) is 12.7. The zero-order chi connectivity index (χ0) is 18.4. The maximum atomic E-state index is 6.29. The van der Waals surface area contributed by atoms with Crippen LogP contribution in [-0.2, 0) is 13.1 Å². The average Bonchev–Trinajstić information content (AvgIpc) is 2.65. The van der Waals surface area contributed by atoms with Crippen molar-refractivity contribution in [2.24, 2.45) is 0 Å². The molecule has 3 nitrogen and oxygen atoms in total. The van der Waals surface area contributed by atoms with E-state index in [4.69, 9.17) is 27.9 Å². The number of hydrogen-bond acceptors (Lipinski definition) is 3. The molecular weight excluding hydrogens is 438 g/mol. The van der Waals surface area contributed by atoms with Gasteiger partial charge in [0.25, 0.3) is 0 Å². The highest BCUT2D eigenvalue weighted by Gasteiger charge is 2.19. The molecule has 0 unspecified atom stereocenters. The molecule has 0 radical (unpaired) electrons. The molecule has 0 aliphatic carbocycles. The lowest BCUT2D eigenvalue weighted by molar-refractivity contribution is 0.190. The highest BCUT2D eigenvalue weighted by Crippen LogP contribution is 2.34. The number of halogens is 4. The number of hydrogen-bond donors (Lipinski definition) is 1. The Morgan fingerprint density at radius 1 is 1.00 bits per heavy atom. The van der Waals surface area contributed by atoms with Gasteiger partial charge in [0.2, 0.25) is 0 Å². The van der Waals surface area contributed by atoms with E-state index in [1.807, 2.05) is 19.1 Å². The maximum Gasteiger partial charge on any atom is 0.156 e. The first-order valence-electron chi connectivity index (χ1n) is 9.26. The number of piperidine rings is 1. The minimum atomic E-state index is 0. The van der Waals surface area contributed by atoms with Gasteiger partial charge in [-0.2, -0.15) is 0 Å². The summed E-state index contributed by atoms with van der Waals surface area (Å²) in [5.41, 5.74) is 2.48. The summed E-state index contributed by atoms with van der Waals surface area (Å²) in [5.74, 6) is 0.578. The molecule has 1 saturated heterocycles. The summed E-state index contributed by atoms with van der Waals surface area (Å²) in [5, 5.41) is 4.80. The molecule has 0 saturated carbocycles. The van der Waals surface area contributed by atoms with Gasteiger partial charge in [0.1, 0.15) is 0 Å². The van der Waals surface area contributed by atoms with E-state index in [9.17, 15) is 0 Å². The lowest BCUT2D eigenvalue weighted by Gasteiger charge is -2.32. The third-order valence-corrected chi connectivity index (χ3v) is 5.34. The Kier molecular flexibility index (Phi) is 11.6. The lowest BCUT2D eigenvalue weighted by atomic mass is 10.0. The molecule has 0 atom stereocenters. The average molecular weight is 466 g/mol. The molecule has 3 rings (SSSR count). The Bertz CT molecular complexity index is 684. The van der Waals surface area contributed by atoms with Crippen LogP contribution in [0.15, 0.2) is 42.5 Å². The standard InChI is InChI=1S/C21H26Cl2N2O.2ClH/c1-2-26-21-19(22)12-17(13-20(21)23)14-24-18-8-10-25(11-9-18)15-16-6-4-3-5-7-16;;/h3-7,12-13,18,24H,2,8-11,14-15H2,1H3;2*1H. The van der Waals surface area contributed by atoms with Gasteiger partial charge in [-0.25, -0.2) is 0 Å². The highest BCUT2D eigenvalue weighted by molar-refractivity contribution is 6.37. The molecule has 0 aromatic heterocycles. The van der Waals surface area contributed by atoms with E-state index in [1.54, 1.807) is 0 Å². The lowest BCUT2D eigenvalue weighted by Crippen LogP contribution is -2.41. The van der Waals surface area contributed by atoms with Gasteiger partial charge in [-0.3, -0.25) is 4.90 Å². The second kappa shape index (κ2) is 12.8. The van der Waals surface area contributed by atoms with Gasteiger partial charge in [0, 0.05) is 19.1 Å². The van der Waals surface area contributed by atoms with Gasteiger partial charge in [-0.15, -0.1) is 24.8 Å². The maximum absolute atomic E-state index is 6.29. The van der Waals surface area contributed by atoms with Crippen molar-refractivity contribution in [1.29, 1.82) is 0 Å². The molecule has 1 aliphatic heterocycles. The molecule has 2 aromatic rings. The quantitative estimate of drug-likeness (QED) is 0.543. The number of nitrogens with one attached hydrogen (secondary N) is 1. The van der Waals surface area contributed by atoms with E-state index < -0.39 is 0 Å². The molecule has 1 aliphatic rings. The van der Waals surface area contributed by atoms with Crippen molar-refractivity contribution in [3.05, 3.63) is 63.6 Å². The fourth-order valence-electron chi connectivity index (χ4n) is 3.40. The molecule has 1 heterocycles. The highest BCUT2D eigenvalue weighted by atomic mass is 35.5. The van der Waals surface area contributed by atoms with Crippen LogP contribution in [0.25, 0.3) is 0 Å². The van der Waals surface area contributed by atoms with Crippen LogP contribution in [0.3, 0.4) is 0 Å². The van der Waals surface area contributed by atoms with Crippen molar-refractivity contribution in [3.8, 4) is 5.75 Å². The Morgan fingerprint density at radius 2 is 1.61 bits per heavy atom. The van der Waals surface area contributed by atoms with Crippen LogP contribution in [0.5, 0.6) is 5.75 Å². The van der Waals surface area contributed by atoms with E-state index in [-0.39, 0.29) is 24.8 Å². The minimum Gasteiger partial charge on any atom is -0.491 e. The minimum absolute atomic E-state index is 0. The van der Waals surface area contributed by atoms with Crippen molar-refractivity contribution < 1.29 is 4.74 Å². The van der Waals surface area contributed by atoms with Crippen LogP contribution in [0.2, 0.25) is 10.0 Å². The van der Waals surface area contributed by atoms with Crippen LogP contribution < -0.4 is 10.1 Å². The molecule has 0 amide bonds. The second-order valence-electron chi connectivity index (χ2n) is 6.74. The Balaban J connectivity index is 0.00000196. The second-order valence-corrected chi connectivity index (χ2v) is 7.55. The molecule has 7 heteroatoms. The molecule has 0 bridgehead atoms. The summed E-state index contributed by atoms with van der Waals surface area (Å²) < 4.78 is 5.49. The normalized spacial score (nSPS) is 14.8. The third-order valence-electron chi connectivity index (χ3n) is 4.78. The van der Waals surface area contributed by atoms with Crippen molar-refractivity contribution >= 4 is 48.0 Å². The van der Waals surface area contributed by atoms with Gasteiger partial charge < -0.3 is 10.1 Å². The molecule has 0 spiro atoms. The largest absolute Gasteiger partial charge is 0.491 e. The van der Waals surface area contributed by atoms with Gasteiger partial charge in [0.05, 0.1) is 16.7 Å². The van der Waals surface area contributed by atoms with Gasteiger partial charge in [0.15, 0.2) is 5.75 Å². The zero-order valence-electron chi connectivity index (χ0n) is 16.0. The Hall–Kier alpha value is -0.680. The molecule has 1 fully saturated rings. The SMILES string of the molecule is CCOc1c(Cl)cc(CNC2CCN(Cc3ccccc3)CC2)cc1Cl.Cl.Cl. The van der Waals surface area contributed by atoms with Gasteiger partial charge >= 0.3 is 0 Å². The molecule has 28 heavy (non-hydrogen) atoms. The van der Waals surface area contributed by atoms with Crippen molar-refractivity contribution in [2.45, 2.75) is 38.9 Å². The van der Waals surface area contributed by atoms with Crippen LogP contribution in [0.1, 0.15) is 30.9 Å².